The highest BCUT2D eigenvalue weighted by Crippen LogP contribution is 2.30. The van der Waals surface area contributed by atoms with Crippen LogP contribution in [0.15, 0.2) is 53.5 Å². The molecule has 0 spiro atoms. The predicted molar refractivity (Wildman–Crippen MR) is 133 cm³/mol. The first-order valence-corrected chi connectivity index (χ1v) is 12.0. The molecule has 2 aromatic rings. The van der Waals surface area contributed by atoms with Crippen LogP contribution in [0.25, 0.3) is 0 Å². The van der Waals surface area contributed by atoms with E-state index in [1.807, 2.05) is 30.3 Å². The Balaban J connectivity index is 1.57. The largest absolute Gasteiger partial charge is 0.345 e. The first-order valence-electron chi connectivity index (χ1n) is 11.6. The molecule has 7 nitrogen and oxygen atoms in total. The molecule has 2 N–H and O–H groups in total. The maximum atomic E-state index is 13.3. The van der Waals surface area contributed by atoms with Gasteiger partial charge < -0.3 is 15.5 Å². The third-order valence-electron chi connectivity index (χ3n) is 6.44. The summed E-state index contributed by atoms with van der Waals surface area (Å²) in [7, 11) is 1.64. The summed E-state index contributed by atoms with van der Waals surface area (Å²) in [6.07, 6.45) is 3.70. The molecule has 2 atom stereocenters. The minimum absolute atomic E-state index is 0.144. The first kappa shape index (κ1) is 24.0. The Kier molecular flexibility index (Phi) is 7.32. The second-order valence-corrected chi connectivity index (χ2v) is 9.39. The fourth-order valence-corrected chi connectivity index (χ4v) is 4.74. The summed E-state index contributed by atoms with van der Waals surface area (Å²) in [5.74, 6) is -0.607. The standard InChI is InChI=1S/C26H29ClN4O3/c1-16(28-22(32)14-17-8-6-7-9-17)25(33)30-24-26(34)31(2)21-13-12-19(27)15-20(21)23(29-24)18-10-4-3-5-11-18/h3-5,10-13,15-17,24H,6-9,14H2,1-2H3,(H,28,32)(H,30,33)/t16-,24?/m0/s1. The van der Waals surface area contributed by atoms with Gasteiger partial charge in [-0.3, -0.25) is 14.4 Å². The second-order valence-electron chi connectivity index (χ2n) is 8.96. The fraction of sp³-hybridized carbons (Fsp3) is 0.385. The van der Waals surface area contributed by atoms with Crippen molar-refractivity contribution in [3.63, 3.8) is 0 Å². The van der Waals surface area contributed by atoms with Gasteiger partial charge in [0.15, 0.2) is 0 Å². The number of carbonyl (C=O) groups is 3. The monoisotopic (exact) mass is 480 g/mol. The lowest BCUT2D eigenvalue weighted by Gasteiger charge is -2.22. The minimum Gasteiger partial charge on any atom is -0.345 e. The van der Waals surface area contributed by atoms with Crippen LogP contribution in [-0.2, 0) is 14.4 Å². The third-order valence-corrected chi connectivity index (χ3v) is 6.68. The van der Waals surface area contributed by atoms with E-state index in [0.717, 1.165) is 31.2 Å². The normalized spacial score (nSPS) is 19.1. The molecule has 0 bridgehead atoms. The fourth-order valence-electron chi connectivity index (χ4n) is 4.57. The van der Waals surface area contributed by atoms with Crippen molar-refractivity contribution in [2.75, 3.05) is 11.9 Å². The predicted octanol–water partition coefficient (Wildman–Crippen LogP) is 3.68. The van der Waals surface area contributed by atoms with Gasteiger partial charge in [0.25, 0.3) is 5.91 Å². The lowest BCUT2D eigenvalue weighted by Crippen LogP contribution is -2.52. The van der Waals surface area contributed by atoms with Crippen LogP contribution in [0.2, 0.25) is 5.02 Å². The number of amides is 3. The molecular weight excluding hydrogens is 452 g/mol. The molecule has 1 aliphatic carbocycles. The molecule has 2 aliphatic rings. The number of benzene rings is 2. The Morgan fingerprint density at radius 2 is 1.85 bits per heavy atom. The number of halogens is 1. The van der Waals surface area contributed by atoms with E-state index >= 15 is 0 Å². The second kappa shape index (κ2) is 10.4. The molecule has 1 saturated carbocycles. The quantitative estimate of drug-likeness (QED) is 0.660. The number of hydrogen-bond acceptors (Lipinski definition) is 4. The Bertz CT molecular complexity index is 1110. The SMILES string of the molecule is C[C@H](NC(=O)CC1CCCC1)C(=O)NC1N=C(c2ccccc2)c2cc(Cl)ccc2N(C)C1=O. The number of rotatable bonds is 6. The van der Waals surface area contributed by atoms with E-state index in [0.29, 0.717) is 34.3 Å². The molecule has 0 saturated heterocycles. The van der Waals surface area contributed by atoms with Crippen molar-refractivity contribution in [2.45, 2.75) is 51.2 Å². The molecule has 1 heterocycles. The highest BCUT2D eigenvalue weighted by molar-refractivity contribution is 6.32. The number of benzodiazepines with no additional fused rings is 1. The van der Waals surface area contributed by atoms with E-state index in [9.17, 15) is 14.4 Å². The average Bonchev–Trinajstić information content (AvgIpc) is 3.30. The topological polar surface area (TPSA) is 90.9 Å². The van der Waals surface area contributed by atoms with Gasteiger partial charge in [-0.2, -0.15) is 0 Å². The number of likely N-dealkylation sites (N-methyl/N-ethyl adjacent to an activating group) is 1. The molecule has 3 amide bonds. The van der Waals surface area contributed by atoms with E-state index < -0.39 is 18.1 Å². The number of anilines is 1. The molecule has 1 aliphatic heterocycles. The van der Waals surface area contributed by atoms with Crippen molar-refractivity contribution in [1.82, 2.24) is 10.6 Å². The Hall–Kier alpha value is -3.19. The highest BCUT2D eigenvalue weighted by Gasteiger charge is 2.32. The van der Waals surface area contributed by atoms with E-state index in [4.69, 9.17) is 11.6 Å². The van der Waals surface area contributed by atoms with Crippen LogP contribution in [0.1, 0.15) is 50.2 Å². The van der Waals surface area contributed by atoms with Crippen molar-refractivity contribution >= 4 is 40.7 Å². The maximum absolute atomic E-state index is 13.3. The van der Waals surface area contributed by atoms with Crippen LogP contribution in [-0.4, -0.2) is 42.7 Å². The van der Waals surface area contributed by atoms with E-state index in [2.05, 4.69) is 15.6 Å². The van der Waals surface area contributed by atoms with Gasteiger partial charge in [0.05, 0.1) is 11.4 Å². The van der Waals surface area contributed by atoms with E-state index in [1.165, 1.54) is 4.90 Å². The Morgan fingerprint density at radius 1 is 1.15 bits per heavy atom. The minimum atomic E-state index is -1.15. The molecule has 2 aromatic carbocycles. The first-order chi connectivity index (χ1) is 16.3. The molecular formula is C26H29ClN4O3. The number of fused-ring (bicyclic) bond motifs is 1. The van der Waals surface area contributed by atoms with Crippen LogP contribution >= 0.6 is 11.6 Å². The van der Waals surface area contributed by atoms with Crippen LogP contribution in [0.4, 0.5) is 5.69 Å². The summed E-state index contributed by atoms with van der Waals surface area (Å²) in [6.45, 7) is 1.61. The van der Waals surface area contributed by atoms with E-state index in [-0.39, 0.29) is 11.8 Å². The van der Waals surface area contributed by atoms with Crippen molar-refractivity contribution in [1.29, 1.82) is 0 Å². The average molecular weight is 481 g/mol. The van der Waals surface area contributed by atoms with Gasteiger partial charge >= 0.3 is 0 Å². The summed E-state index contributed by atoms with van der Waals surface area (Å²) in [6, 6.07) is 13.9. The van der Waals surface area contributed by atoms with Gasteiger partial charge in [-0.05, 0) is 43.9 Å². The molecule has 178 valence electrons. The maximum Gasteiger partial charge on any atom is 0.272 e. The van der Waals surface area contributed by atoms with Gasteiger partial charge in [-0.15, -0.1) is 0 Å². The number of nitrogens with one attached hydrogen (secondary N) is 2. The lowest BCUT2D eigenvalue weighted by molar-refractivity contribution is -0.131. The third kappa shape index (κ3) is 5.30. The van der Waals surface area contributed by atoms with Crippen molar-refractivity contribution < 1.29 is 14.4 Å². The number of nitrogens with zero attached hydrogens (tertiary/aromatic N) is 2. The smallest absolute Gasteiger partial charge is 0.272 e. The van der Waals surface area contributed by atoms with Gasteiger partial charge in [-0.1, -0.05) is 54.8 Å². The molecule has 0 aromatic heterocycles. The number of carbonyl (C=O) groups excluding carboxylic acids is 3. The van der Waals surface area contributed by atoms with Gasteiger partial charge in [0.1, 0.15) is 6.04 Å². The van der Waals surface area contributed by atoms with Gasteiger partial charge in [0.2, 0.25) is 18.0 Å². The van der Waals surface area contributed by atoms with Crippen LogP contribution < -0.4 is 15.5 Å². The molecule has 0 radical (unpaired) electrons. The Morgan fingerprint density at radius 3 is 2.56 bits per heavy atom. The van der Waals surface area contributed by atoms with Crippen molar-refractivity contribution in [2.24, 2.45) is 10.9 Å². The van der Waals surface area contributed by atoms with Crippen LogP contribution in [0, 0.1) is 5.92 Å². The van der Waals surface area contributed by atoms with Crippen LogP contribution in [0.5, 0.6) is 0 Å². The van der Waals surface area contributed by atoms with Crippen LogP contribution in [0.3, 0.4) is 0 Å². The van der Waals surface area contributed by atoms with Gasteiger partial charge in [0, 0.05) is 29.6 Å². The zero-order chi connectivity index (χ0) is 24.2. The zero-order valence-electron chi connectivity index (χ0n) is 19.4. The summed E-state index contributed by atoms with van der Waals surface area (Å²) >= 11 is 6.27. The van der Waals surface area contributed by atoms with Gasteiger partial charge in [-0.25, -0.2) is 4.99 Å². The number of aliphatic imine (C=N–C) groups is 1. The van der Waals surface area contributed by atoms with Crippen molar-refractivity contribution in [3.8, 4) is 0 Å². The summed E-state index contributed by atoms with van der Waals surface area (Å²) in [4.78, 5) is 44.7. The summed E-state index contributed by atoms with van der Waals surface area (Å²) < 4.78 is 0. The molecule has 1 fully saturated rings. The van der Waals surface area contributed by atoms with E-state index in [1.54, 1.807) is 32.2 Å². The molecule has 8 heteroatoms. The summed E-state index contributed by atoms with van der Waals surface area (Å²) in [5, 5.41) is 6.00. The highest BCUT2D eigenvalue weighted by atomic mass is 35.5. The molecule has 1 unspecified atom stereocenters. The zero-order valence-corrected chi connectivity index (χ0v) is 20.1. The lowest BCUT2D eigenvalue weighted by atomic mass is 10.0. The molecule has 4 rings (SSSR count). The number of hydrogen-bond donors (Lipinski definition) is 2. The summed E-state index contributed by atoms with van der Waals surface area (Å²) in [5.41, 5.74) is 2.70. The molecule has 34 heavy (non-hydrogen) atoms. The van der Waals surface area contributed by atoms with Crippen molar-refractivity contribution in [3.05, 3.63) is 64.7 Å². The Labute approximate surface area is 204 Å².